The van der Waals surface area contributed by atoms with Crippen LogP contribution in [0.2, 0.25) is 0 Å². The molecule has 0 aromatic heterocycles. The highest BCUT2D eigenvalue weighted by Gasteiger charge is 2.39. The van der Waals surface area contributed by atoms with Gasteiger partial charge in [0.2, 0.25) is 0 Å². The molecule has 5 nitrogen and oxygen atoms in total. The molecule has 33 heavy (non-hydrogen) atoms. The molecule has 0 radical (unpaired) electrons. The van der Waals surface area contributed by atoms with E-state index in [2.05, 4.69) is 25.7 Å². The van der Waals surface area contributed by atoms with Crippen LogP contribution in [0.4, 0.5) is 0 Å². The zero-order valence-electron chi connectivity index (χ0n) is 22.1. The Hall–Kier alpha value is -1.10. The molecule has 0 bridgehead atoms. The lowest BCUT2D eigenvalue weighted by atomic mass is 9.89. The average Bonchev–Trinajstić information content (AvgIpc) is 3.23. The van der Waals surface area contributed by atoms with E-state index in [9.17, 15) is 9.59 Å². The third-order valence-electron chi connectivity index (χ3n) is 7.09. The monoisotopic (exact) mass is 473 g/mol. The highest BCUT2D eigenvalue weighted by atomic mass is 16.6. The molecule has 5 heteroatoms. The van der Waals surface area contributed by atoms with Crippen LogP contribution >= 0.6 is 0 Å². The van der Waals surface area contributed by atoms with Gasteiger partial charge in [-0.05, 0) is 92.2 Å². The highest BCUT2D eigenvalue weighted by molar-refractivity contribution is 5.76. The topological polar surface area (TPSA) is 55.8 Å². The highest BCUT2D eigenvalue weighted by Crippen LogP contribution is 2.38. The number of rotatable bonds is 12. The summed E-state index contributed by atoms with van der Waals surface area (Å²) >= 11 is 0. The van der Waals surface area contributed by atoms with Crippen molar-refractivity contribution < 1.29 is 19.1 Å². The summed E-state index contributed by atoms with van der Waals surface area (Å²) in [7, 11) is 0. The first kappa shape index (κ1) is 36.5. The molecule has 0 aliphatic heterocycles. The van der Waals surface area contributed by atoms with Gasteiger partial charge >= 0.3 is 11.9 Å². The number of nitrogens with zero attached hydrogens (tertiary/aromatic N) is 1. The lowest BCUT2D eigenvalue weighted by molar-refractivity contribution is -0.170. The van der Waals surface area contributed by atoms with Crippen LogP contribution in [-0.4, -0.2) is 48.7 Å². The van der Waals surface area contributed by atoms with E-state index in [-0.39, 0.29) is 43.2 Å². The largest absolute Gasteiger partial charge is 0.465 e. The van der Waals surface area contributed by atoms with E-state index in [0.717, 1.165) is 58.2 Å². The van der Waals surface area contributed by atoms with Gasteiger partial charge in [-0.3, -0.25) is 9.59 Å². The van der Waals surface area contributed by atoms with Crippen LogP contribution in [-0.2, 0) is 19.1 Å². The van der Waals surface area contributed by atoms with Gasteiger partial charge < -0.3 is 14.4 Å². The SMILES string of the molecule is C.C.CCC1(OC(=O)C(C)(C)CC)CCCC1.CCN(CC)CCCOC(=O)C(C)(C)CC. The Kier molecular flexibility index (Phi) is 19.2. The third-order valence-corrected chi connectivity index (χ3v) is 7.09. The van der Waals surface area contributed by atoms with Crippen LogP contribution in [0.1, 0.15) is 129 Å². The smallest absolute Gasteiger partial charge is 0.312 e. The summed E-state index contributed by atoms with van der Waals surface area (Å²) < 4.78 is 11.0. The lowest BCUT2D eigenvalue weighted by Crippen LogP contribution is -2.37. The van der Waals surface area contributed by atoms with Crippen LogP contribution in [0.25, 0.3) is 0 Å². The van der Waals surface area contributed by atoms with Crippen molar-refractivity contribution in [2.75, 3.05) is 26.2 Å². The Morgan fingerprint density at radius 3 is 1.67 bits per heavy atom. The Bertz CT molecular complexity index is 518. The average molecular weight is 474 g/mol. The summed E-state index contributed by atoms with van der Waals surface area (Å²) in [6.45, 7) is 21.9. The van der Waals surface area contributed by atoms with Crippen molar-refractivity contribution in [3.8, 4) is 0 Å². The molecule has 1 saturated carbocycles. The minimum absolute atomic E-state index is 0. The maximum absolute atomic E-state index is 12.0. The van der Waals surface area contributed by atoms with Gasteiger partial charge in [0, 0.05) is 6.54 Å². The first-order chi connectivity index (χ1) is 14.4. The lowest BCUT2D eigenvalue weighted by Gasteiger charge is -2.32. The van der Waals surface area contributed by atoms with E-state index < -0.39 is 0 Å². The van der Waals surface area contributed by atoms with E-state index >= 15 is 0 Å². The molecule has 200 valence electrons. The van der Waals surface area contributed by atoms with Crippen LogP contribution in [0.3, 0.4) is 0 Å². The van der Waals surface area contributed by atoms with Crippen molar-refractivity contribution in [2.45, 2.75) is 134 Å². The molecule has 0 N–H and O–H groups in total. The first-order valence-corrected chi connectivity index (χ1v) is 12.6. The Labute approximate surface area is 207 Å². The van der Waals surface area contributed by atoms with E-state index in [1.807, 2.05) is 41.5 Å². The van der Waals surface area contributed by atoms with Crippen molar-refractivity contribution in [1.29, 1.82) is 0 Å². The molecule has 1 rings (SSSR count). The molecule has 0 aromatic carbocycles. The first-order valence-electron chi connectivity index (χ1n) is 12.6. The summed E-state index contributed by atoms with van der Waals surface area (Å²) in [6.07, 6.45) is 8.05. The summed E-state index contributed by atoms with van der Waals surface area (Å²) in [6, 6.07) is 0. The molecule has 1 aliphatic carbocycles. The number of hydrogen-bond acceptors (Lipinski definition) is 5. The van der Waals surface area contributed by atoms with Gasteiger partial charge in [0.25, 0.3) is 0 Å². The molecule has 1 fully saturated rings. The van der Waals surface area contributed by atoms with E-state index in [4.69, 9.17) is 9.47 Å². The maximum atomic E-state index is 12.0. The summed E-state index contributed by atoms with van der Waals surface area (Å²) in [5, 5.41) is 0. The minimum atomic E-state index is -0.338. The number of hydrogen-bond donors (Lipinski definition) is 0. The van der Waals surface area contributed by atoms with Crippen LogP contribution in [0, 0.1) is 10.8 Å². The summed E-state index contributed by atoms with van der Waals surface area (Å²) in [4.78, 5) is 26.0. The van der Waals surface area contributed by atoms with Gasteiger partial charge in [-0.15, -0.1) is 0 Å². The Morgan fingerprint density at radius 2 is 1.27 bits per heavy atom. The normalized spacial score (nSPS) is 15.0. The number of carbonyl (C=O) groups excluding carboxylic acids is 2. The fourth-order valence-corrected chi connectivity index (χ4v) is 3.36. The van der Waals surface area contributed by atoms with E-state index in [1.165, 1.54) is 12.8 Å². The molecule has 0 heterocycles. The van der Waals surface area contributed by atoms with Gasteiger partial charge in [-0.2, -0.15) is 0 Å². The maximum Gasteiger partial charge on any atom is 0.312 e. The van der Waals surface area contributed by atoms with E-state index in [0.29, 0.717) is 6.61 Å². The standard InChI is InChI=1S/C13H27NO2.C13H24O2.2CH4/c1-6-13(4,5)12(15)16-11-9-10-14(7-2)8-3;1-5-12(3,4)11(14)15-13(6-2)9-7-8-10-13;;/h6-11H2,1-5H3;5-10H2,1-4H3;2*1H4. The minimum Gasteiger partial charge on any atom is -0.465 e. The fraction of sp³-hybridized carbons (Fsp3) is 0.929. The van der Waals surface area contributed by atoms with Crippen molar-refractivity contribution in [2.24, 2.45) is 10.8 Å². The van der Waals surface area contributed by atoms with Gasteiger partial charge in [0.15, 0.2) is 0 Å². The van der Waals surface area contributed by atoms with Crippen LogP contribution in [0.5, 0.6) is 0 Å². The van der Waals surface area contributed by atoms with Gasteiger partial charge in [-0.25, -0.2) is 0 Å². The fourth-order valence-electron chi connectivity index (χ4n) is 3.36. The second-order valence-electron chi connectivity index (χ2n) is 10.1. The van der Waals surface area contributed by atoms with Crippen molar-refractivity contribution in [1.82, 2.24) is 4.90 Å². The third kappa shape index (κ3) is 12.8. The van der Waals surface area contributed by atoms with Crippen molar-refractivity contribution in [3.63, 3.8) is 0 Å². The molecular formula is C28H59NO4. The number of carbonyl (C=O) groups is 2. The Morgan fingerprint density at radius 1 is 0.818 bits per heavy atom. The molecule has 0 aromatic rings. The second kappa shape index (κ2) is 17.4. The van der Waals surface area contributed by atoms with Crippen molar-refractivity contribution in [3.05, 3.63) is 0 Å². The van der Waals surface area contributed by atoms with Crippen molar-refractivity contribution >= 4 is 11.9 Å². The van der Waals surface area contributed by atoms with Gasteiger partial charge in [-0.1, -0.05) is 49.5 Å². The molecule has 0 unspecified atom stereocenters. The summed E-state index contributed by atoms with van der Waals surface area (Å²) in [5.41, 5.74) is -0.802. The molecular weight excluding hydrogens is 414 g/mol. The van der Waals surface area contributed by atoms with Gasteiger partial charge in [0.1, 0.15) is 5.60 Å². The predicted molar refractivity (Wildman–Crippen MR) is 143 cm³/mol. The summed E-state index contributed by atoms with van der Waals surface area (Å²) in [5.74, 6) is -0.0942. The van der Waals surface area contributed by atoms with Crippen LogP contribution in [0.15, 0.2) is 0 Å². The van der Waals surface area contributed by atoms with Gasteiger partial charge in [0.05, 0.1) is 17.4 Å². The number of ether oxygens (including phenoxy) is 2. The molecule has 0 saturated heterocycles. The predicted octanol–water partition coefficient (Wildman–Crippen LogP) is 7.66. The second-order valence-corrected chi connectivity index (χ2v) is 10.1. The Balaban J connectivity index is -0.000000515. The zero-order valence-corrected chi connectivity index (χ0v) is 22.1. The molecule has 1 aliphatic rings. The zero-order chi connectivity index (χ0) is 24.1. The molecule has 0 atom stereocenters. The van der Waals surface area contributed by atoms with E-state index in [1.54, 1.807) is 0 Å². The number of esters is 2. The molecule has 0 amide bonds. The van der Waals surface area contributed by atoms with Crippen LogP contribution < -0.4 is 0 Å². The quantitative estimate of drug-likeness (QED) is 0.215. The molecule has 0 spiro atoms.